The van der Waals surface area contributed by atoms with E-state index in [4.69, 9.17) is 15.2 Å². The van der Waals surface area contributed by atoms with Gasteiger partial charge in [-0.15, -0.1) is 0 Å². The van der Waals surface area contributed by atoms with Crippen molar-refractivity contribution in [1.82, 2.24) is 9.97 Å². The summed E-state index contributed by atoms with van der Waals surface area (Å²) < 4.78 is 10.6. The fourth-order valence-electron chi connectivity index (χ4n) is 3.25. The molecule has 1 saturated carbocycles. The van der Waals surface area contributed by atoms with E-state index in [2.05, 4.69) is 15.3 Å². The van der Waals surface area contributed by atoms with Crippen LogP contribution < -0.4 is 20.5 Å². The highest BCUT2D eigenvalue weighted by atomic mass is 16.5. The second-order valence-electron chi connectivity index (χ2n) is 6.34. The molecule has 3 rings (SSSR count). The molecular formula is C17H24N4O3. The van der Waals surface area contributed by atoms with Gasteiger partial charge in [-0.2, -0.15) is 4.98 Å². The molecule has 4 N–H and O–H groups in total. The number of nitrogen functional groups attached to an aromatic ring is 1. The quantitative estimate of drug-likeness (QED) is 0.714. The lowest BCUT2D eigenvalue weighted by Crippen LogP contribution is -2.37. The smallest absolute Gasteiger partial charge is 0.225 e. The van der Waals surface area contributed by atoms with E-state index in [9.17, 15) is 5.11 Å². The molecule has 1 fully saturated rings. The van der Waals surface area contributed by atoms with E-state index < -0.39 is 0 Å². The van der Waals surface area contributed by atoms with E-state index in [0.717, 1.165) is 31.2 Å². The van der Waals surface area contributed by atoms with Crippen molar-refractivity contribution in [3.05, 3.63) is 12.1 Å². The van der Waals surface area contributed by atoms with E-state index >= 15 is 0 Å². The maximum absolute atomic E-state index is 9.25. The van der Waals surface area contributed by atoms with Crippen LogP contribution in [0.3, 0.4) is 0 Å². The molecule has 2 aromatic rings. The summed E-state index contributed by atoms with van der Waals surface area (Å²) in [7, 11) is 3.17. The van der Waals surface area contributed by atoms with Crippen molar-refractivity contribution in [2.75, 3.05) is 38.4 Å². The lowest BCUT2D eigenvalue weighted by Gasteiger charge is -2.41. The Morgan fingerprint density at radius 1 is 1.21 bits per heavy atom. The molecule has 0 aliphatic heterocycles. The molecule has 1 aromatic carbocycles. The number of ether oxygens (including phenoxy) is 2. The molecule has 0 radical (unpaired) electrons. The van der Waals surface area contributed by atoms with Gasteiger partial charge in [0.1, 0.15) is 5.82 Å². The summed E-state index contributed by atoms with van der Waals surface area (Å²) in [6, 6.07) is 3.58. The Morgan fingerprint density at radius 2 is 1.92 bits per heavy atom. The summed E-state index contributed by atoms with van der Waals surface area (Å²) in [5.41, 5.74) is 6.94. The summed E-state index contributed by atoms with van der Waals surface area (Å²) in [5.74, 6) is 2.09. The van der Waals surface area contributed by atoms with E-state index in [0.29, 0.717) is 28.8 Å². The average Bonchev–Trinajstić information content (AvgIpc) is 2.56. The third-order valence-electron chi connectivity index (χ3n) is 4.91. The van der Waals surface area contributed by atoms with Crippen molar-refractivity contribution in [3.63, 3.8) is 0 Å². The van der Waals surface area contributed by atoms with Crippen LogP contribution in [0.1, 0.15) is 25.7 Å². The van der Waals surface area contributed by atoms with Crippen LogP contribution in [-0.4, -0.2) is 42.4 Å². The average molecular weight is 332 g/mol. The van der Waals surface area contributed by atoms with Crippen molar-refractivity contribution in [2.24, 2.45) is 5.41 Å². The van der Waals surface area contributed by atoms with Gasteiger partial charge in [-0.1, -0.05) is 6.42 Å². The lowest BCUT2D eigenvalue weighted by molar-refractivity contribution is 0.101. The third-order valence-corrected chi connectivity index (χ3v) is 4.91. The van der Waals surface area contributed by atoms with Crippen molar-refractivity contribution >= 4 is 22.7 Å². The van der Waals surface area contributed by atoms with Gasteiger partial charge in [0.2, 0.25) is 5.95 Å². The number of methoxy groups -OCH3 is 2. The highest BCUT2D eigenvalue weighted by Gasteiger charge is 2.36. The van der Waals surface area contributed by atoms with Gasteiger partial charge in [-0.05, 0) is 30.7 Å². The molecule has 24 heavy (non-hydrogen) atoms. The van der Waals surface area contributed by atoms with E-state index in [1.807, 2.05) is 0 Å². The van der Waals surface area contributed by atoms with E-state index in [1.54, 1.807) is 26.4 Å². The zero-order valence-electron chi connectivity index (χ0n) is 14.1. The number of nitrogens with zero attached hydrogens (tertiary/aromatic N) is 2. The maximum atomic E-state index is 9.25. The number of aliphatic hydroxyl groups is 1. The molecule has 0 saturated heterocycles. The third kappa shape index (κ3) is 3.03. The van der Waals surface area contributed by atoms with Crippen molar-refractivity contribution < 1.29 is 14.6 Å². The van der Waals surface area contributed by atoms with E-state index in [1.165, 1.54) is 6.42 Å². The van der Waals surface area contributed by atoms with Gasteiger partial charge in [0, 0.05) is 24.6 Å². The predicted octanol–water partition coefficient (Wildman–Crippen LogP) is 2.19. The molecule has 0 unspecified atom stereocenters. The van der Waals surface area contributed by atoms with Crippen LogP contribution >= 0.6 is 0 Å². The molecule has 1 aromatic heterocycles. The highest BCUT2D eigenvalue weighted by molar-refractivity contribution is 5.91. The number of fused-ring (bicyclic) bond motifs is 1. The Balaban J connectivity index is 1.87. The van der Waals surface area contributed by atoms with E-state index in [-0.39, 0.29) is 12.0 Å². The molecule has 1 aliphatic carbocycles. The van der Waals surface area contributed by atoms with Gasteiger partial charge >= 0.3 is 0 Å². The Morgan fingerprint density at radius 3 is 2.50 bits per heavy atom. The van der Waals surface area contributed by atoms with Crippen LogP contribution in [0, 0.1) is 5.41 Å². The SMILES string of the molecule is COc1cc2nc(NCC3(CCO)CCC3)nc(N)c2cc1OC. The fourth-order valence-corrected chi connectivity index (χ4v) is 3.25. The first-order valence-corrected chi connectivity index (χ1v) is 8.15. The van der Waals surface area contributed by atoms with Gasteiger partial charge < -0.3 is 25.6 Å². The number of nitrogens with two attached hydrogens (primary N) is 1. The molecule has 0 atom stereocenters. The van der Waals surface area contributed by atoms with Gasteiger partial charge in [0.05, 0.1) is 19.7 Å². The summed E-state index contributed by atoms with van der Waals surface area (Å²) in [6.45, 7) is 0.950. The second kappa shape index (κ2) is 6.68. The highest BCUT2D eigenvalue weighted by Crippen LogP contribution is 2.43. The normalized spacial score (nSPS) is 15.8. The Bertz CT molecular complexity index is 731. The minimum absolute atomic E-state index is 0.152. The van der Waals surface area contributed by atoms with Crippen molar-refractivity contribution in [2.45, 2.75) is 25.7 Å². The molecule has 0 spiro atoms. The summed E-state index contributed by atoms with van der Waals surface area (Å²) in [6.07, 6.45) is 4.25. The summed E-state index contributed by atoms with van der Waals surface area (Å²) in [4.78, 5) is 8.89. The number of hydrogen-bond acceptors (Lipinski definition) is 7. The summed E-state index contributed by atoms with van der Waals surface area (Å²) >= 11 is 0. The second-order valence-corrected chi connectivity index (χ2v) is 6.34. The lowest BCUT2D eigenvalue weighted by atomic mass is 9.67. The van der Waals surface area contributed by atoms with Crippen LogP contribution in [0.4, 0.5) is 11.8 Å². The van der Waals surface area contributed by atoms with Crippen LogP contribution in [0.5, 0.6) is 11.5 Å². The number of hydrogen-bond donors (Lipinski definition) is 3. The number of benzene rings is 1. The number of rotatable bonds is 7. The Kier molecular flexibility index (Phi) is 4.62. The zero-order valence-corrected chi connectivity index (χ0v) is 14.1. The molecular weight excluding hydrogens is 308 g/mol. The minimum atomic E-state index is 0.152. The van der Waals surface area contributed by atoms with Gasteiger partial charge in [0.15, 0.2) is 11.5 Å². The van der Waals surface area contributed by atoms with Crippen LogP contribution in [0.2, 0.25) is 0 Å². The molecule has 1 aliphatic rings. The fraction of sp³-hybridized carbons (Fsp3) is 0.529. The molecule has 1 heterocycles. The zero-order chi connectivity index (χ0) is 17.2. The number of aliphatic hydroxyl groups excluding tert-OH is 1. The topological polar surface area (TPSA) is 103 Å². The van der Waals surface area contributed by atoms with Crippen LogP contribution in [0.15, 0.2) is 12.1 Å². The van der Waals surface area contributed by atoms with Gasteiger partial charge in [-0.25, -0.2) is 4.98 Å². The molecule has 0 amide bonds. The van der Waals surface area contributed by atoms with Crippen LogP contribution in [0.25, 0.3) is 10.9 Å². The predicted molar refractivity (Wildman–Crippen MR) is 93.5 cm³/mol. The first-order valence-electron chi connectivity index (χ1n) is 8.15. The number of nitrogens with one attached hydrogen (secondary N) is 1. The molecule has 7 heteroatoms. The minimum Gasteiger partial charge on any atom is -0.493 e. The monoisotopic (exact) mass is 332 g/mol. The maximum Gasteiger partial charge on any atom is 0.225 e. The molecule has 0 bridgehead atoms. The summed E-state index contributed by atoms with van der Waals surface area (Å²) in [5, 5.41) is 13.3. The van der Waals surface area contributed by atoms with Crippen LogP contribution in [-0.2, 0) is 0 Å². The van der Waals surface area contributed by atoms with Gasteiger partial charge in [-0.3, -0.25) is 0 Å². The molecule has 7 nitrogen and oxygen atoms in total. The van der Waals surface area contributed by atoms with Gasteiger partial charge in [0.25, 0.3) is 0 Å². The molecule has 130 valence electrons. The number of anilines is 2. The first kappa shape index (κ1) is 16.6. The van der Waals surface area contributed by atoms with Crippen molar-refractivity contribution in [3.8, 4) is 11.5 Å². The van der Waals surface area contributed by atoms with Crippen molar-refractivity contribution in [1.29, 1.82) is 0 Å². The standard InChI is InChI=1S/C17H24N4O3/c1-23-13-8-11-12(9-14(13)24-2)20-16(21-15(11)18)19-10-17(6-7-22)4-3-5-17/h8-9,22H,3-7,10H2,1-2H3,(H3,18,19,20,21). The number of aromatic nitrogens is 2. The largest absolute Gasteiger partial charge is 0.493 e. The Labute approximate surface area is 141 Å². The first-order chi connectivity index (χ1) is 11.6. The Hall–Kier alpha value is -2.28.